The van der Waals surface area contributed by atoms with E-state index in [1.165, 1.54) is 39.5 Å². The Hall–Kier alpha value is -3.18. The summed E-state index contributed by atoms with van der Waals surface area (Å²) in [5.74, 6) is 0.443. The van der Waals surface area contributed by atoms with Gasteiger partial charge in [-0.2, -0.15) is 0 Å². The summed E-state index contributed by atoms with van der Waals surface area (Å²) >= 11 is 0. The van der Waals surface area contributed by atoms with Crippen LogP contribution in [0.2, 0.25) is 0 Å². The first-order chi connectivity index (χ1) is 15.0. The van der Waals surface area contributed by atoms with E-state index in [9.17, 15) is 9.00 Å². The number of hydrogen-bond donors (Lipinski definition) is 1. The van der Waals surface area contributed by atoms with Gasteiger partial charge in [0.05, 0.1) is 4.91 Å². The number of carbonyl (C=O) groups excluding carboxylic acids is 1. The van der Waals surface area contributed by atoms with Gasteiger partial charge in [0, 0.05) is 6.08 Å². The van der Waals surface area contributed by atoms with Gasteiger partial charge in [-0.3, -0.25) is 9.52 Å². The lowest BCUT2D eigenvalue weighted by Gasteiger charge is -2.17. The number of benzene rings is 3. The van der Waals surface area contributed by atoms with Gasteiger partial charge >= 0.3 is 0 Å². The zero-order valence-corrected chi connectivity index (χ0v) is 18.3. The van der Waals surface area contributed by atoms with Gasteiger partial charge in [-0.05, 0) is 72.2 Å². The molecule has 0 fully saturated rings. The van der Waals surface area contributed by atoms with E-state index < -0.39 is 11.0 Å². The lowest BCUT2D eigenvalue weighted by Crippen LogP contribution is -2.16. The van der Waals surface area contributed by atoms with E-state index in [4.69, 9.17) is 4.74 Å². The molecule has 3 aromatic carbocycles. The van der Waals surface area contributed by atoms with E-state index in [1.54, 1.807) is 0 Å². The maximum atomic E-state index is 12.0. The summed E-state index contributed by atoms with van der Waals surface area (Å²) in [6.45, 7) is 4.29. The van der Waals surface area contributed by atoms with E-state index in [1.807, 2.05) is 24.3 Å². The minimum atomic E-state index is -1.49. The van der Waals surface area contributed by atoms with Crippen molar-refractivity contribution < 1.29 is 13.7 Å². The molecule has 2 aliphatic rings. The Labute approximate surface area is 184 Å². The van der Waals surface area contributed by atoms with E-state index in [-0.39, 0.29) is 12.0 Å². The van der Waals surface area contributed by atoms with Crippen LogP contribution in [-0.2, 0) is 22.2 Å². The molecule has 4 nitrogen and oxygen atoms in total. The number of nitrogens with one attached hydrogen (secondary N) is 1. The average molecular weight is 430 g/mol. The molecule has 0 aromatic heterocycles. The second kappa shape index (κ2) is 7.82. The largest absolute Gasteiger partial charge is 0.486 e. The van der Waals surface area contributed by atoms with Crippen LogP contribution in [0.25, 0.3) is 16.0 Å². The van der Waals surface area contributed by atoms with Crippen LogP contribution in [0.4, 0.5) is 0 Å². The Morgan fingerprint density at radius 2 is 1.81 bits per heavy atom. The highest BCUT2D eigenvalue weighted by Crippen LogP contribution is 2.41. The highest BCUT2D eigenvalue weighted by Gasteiger charge is 2.27. The molecule has 2 atom stereocenters. The van der Waals surface area contributed by atoms with E-state index in [0.717, 1.165) is 24.2 Å². The Morgan fingerprint density at radius 1 is 1.00 bits per heavy atom. The molecule has 31 heavy (non-hydrogen) atoms. The number of amides is 1. The fourth-order valence-corrected chi connectivity index (χ4v) is 5.33. The molecule has 1 N–H and O–H groups in total. The maximum Gasteiger partial charge on any atom is 0.257 e. The number of carbonyl (C=O) groups is 1. The van der Waals surface area contributed by atoms with Gasteiger partial charge in [-0.15, -0.1) is 0 Å². The maximum absolute atomic E-state index is 12.0. The third-order valence-corrected chi connectivity index (χ3v) is 7.11. The van der Waals surface area contributed by atoms with Crippen molar-refractivity contribution in [2.75, 3.05) is 0 Å². The van der Waals surface area contributed by atoms with Crippen LogP contribution < -0.4 is 9.46 Å². The molecular formula is C26H23NO3S. The summed E-state index contributed by atoms with van der Waals surface area (Å²) in [6.07, 6.45) is 3.32. The van der Waals surface area contributed by atoms with Crippen molar-refractivity contribution in [3.8, 4) is 16.9 Å². The van der Waals surface area contributed by atoms with Gasteiger partial charge in [0.25, 0.3) is 5.91 Å². The number of ether oxygens (including phenoxy) is 1. The first-order valence-electron chi connectivity index (χ1n) is 10.4. The molecule has 0 spiro atoms. The molecule has 0 saturated carbocycles. The summed E-state index contributed by atoms with van der Waals surface area (Å²) in [5, 5.41) is 0. The molecule has 1 heterocycles. The van der Waals surface area contributed by atoms with Crippen LogP contribution in [-0.4, -0.2) is 10.1 Å². The van der Waals surface area contributed by atoms with Crippen LogP contribution in [0.5, 0.6) is 5.75 Å². The molecule has 156 valence electrons. The molecule has 1 aliphatic heterocycles. The monoisotopic (exact) mass is 429 g/mol. The average Bonchev–Trinajstić information content (AvgIpc) is 3.33. The van der Waals surface area contributed by atoms with E-state index in [2.05, 4.69) is 55.0 Å². The molecule has 0 radical (unpaired) electrons. The van der Waals surface area contributed by atoms with Crippen LogP contribution in [0, 0.1) is 13.8 Å². The summed E-state index contributed by atoms with van der Waals surface area (Å²) in [5.41, 5.74) is 8.51. The SMILES string of the molecule is Cc1ccc(C)c(-c2cccc3c2CC[C@H]3Oc2ccc(C3=CC(=O)NS3=O)cc2)c1. The first-order valence-corrected chi connectivity index (χ1v) is 11.5. The van der Waals surface area contributed by atoms with Crippen LogP contribution >= 0.6 is 0 Å². The standard InChI is InChI=1S/C26H23NO3S/c1-16-6-7-17(2)23(14-16)20-4-3-5-22-21(20)12-13-24(22)30-19-10-8-18(9-11-19)25-15-26(28)27-31(25)29/h3-11,14-15,24H,12-13H2,1-2H3,(H,27,28)/t24-,31?/m1/s1. The molecule has 0 saturated heterocycles. The van der Waals surface area contributed by atoms with Crippen molar-refractivity contribution in [3.05, 3.63) is 94.6 Å². The minimum Gasteiger partial charge on any atom is -0.486 e. The van der Waals surface area contributed by atoms with Gasteiger partial charge < -0.3 is 4.74 Å². The normalized spacial score (nSPS) is 19.7. The first kappa shape index (κ1) is 19.8. The number of aryl methyl sites for hydroxylation is 2. The van der Waals surface area contributed by atoms with Crippen LogP contribution in [0.15, 0.2) is 66.7 Å². The van der Waals surface area contributed by atoms with Crippen molar-refractivity contribution in [1.82, 2.24) is 4.72 Å². The minimum absolute atomic E-state index is 0.00832. The smallest absolute Gasteiger partial charge is 0.257 e. The fourth-order valence-electron chi connectivity index (χ4n) is 4.42. The Bertz CT molecular complexity index is 1240. The third-order valence-electron chi connectivity index (χ3n) is 5.97. The molecule has 5 heteroatoms. The highest BCUT2D eigenvalue weighted by molar-refractivity contribution is 7.93. The predicted molar refractivity (Wildman–Crippen MR) is 124 cm³/mol. The molecular weight excluding hydrogens is 406 g/mol. The van der Waals surface area contributed by atoms with Crippen molar-refractivity contribution >= 4 is 21.8 Å². The van der Waals surface area contributed by atoms with Crippen molar-refractivity contribution in [1.29, 1.82) is 0 Å². The van der Waals surface area contributed by atoms with E-state index >= 15 is 0 Å². The summed E-state index contributed by atoms with van der Waals surface area (Å²) in [4.78, 5) is 11.9. The topological polar surface area (TPSA) is 55.4 Å². The summed E-state index contributed by atoms with van der Waals surface area (Å²) < 4.78 is 20.7. The molecule has 1 aliphatic carbocycles. The van der Waals surface area contributed by atoms with Gasteiger partial charge in [0.2, 0.25) is 0 Å². The zero-order valence-electron chi connectivity index (χ0n) is 17.5. The van der Waals surface area contributed by atoms with Gasteiger partial charge in [-0.1, -0.05) is 54.1 Å². The molecule has 0 bridgehead atoms. The molecule has 5 rings (SSSR count). The summed E-state index contributed by atoms with van der Waals surface area (Å²) in [6, 6.07) is 20.5. The van der Waals surface area contributed by atoms with Crippen molar-refractivity contribution in [3.63, 3.8) is 0 Å². The summed E-state index contributed by atoms with van der Waals surface area (Å²) in [7, 11) is -1.49. The van der Waals surface area contributed by atoms with Crippen molar-refractivity contribution in [2.45, 2.75) is 32.8 Å². The number of rotatable bonds is 4. The van der Waals surface area contributed by atoms with Crippen LogP contribution in [0.1, 0.15) is 40.3 Å². The fraction of sp³-hybridized carbons (Fsp3) is 0.192. The Morgan fingerprint density at radius 3 is 2.55 bits per heavy atom. The molecule has 3 aromatic rings. The highest BCUT2D eigenvalue weighted by atomic mass is 32.2. The number of fused-ring (bicyclic) bond motifs is 1. The van der Waals surface area contributed by atoms with Crippen LogP contribution in [0.3, 0.4) is 0 Å². The lowest BCUT2D eigenvalue weighted by molar-refractivity contribution is -0.114. The van der Waals surface area contributed by atoms with E-state index in [0.29, 0.717) is 4.91 Å². The van der Waals surface area contributed by atoms with Gasteiger partial charge in [0.15, 0.2) is 11.0 Å². The van der Waals surface area contributed by atoms with Crippen molar-refractivity contribution in [2.24, 2.45) is 0 Å². The Kier molecular flexibility index (Phi) is 4.98. The second-order valence-corrected chi connectivity index (χ2v) is 9.29. The molecule has 1 amide bonds. The quantitative estimate of drug-likeness (QED) is 0.622. The predicted octanol–water partition coefficient (Wildman–Crippen LogP) is 5.17. The number of hydrogen-bond acceptors (Lipinski definition) is 3. The van der Waals surface area contributed by atoms with Gasteiger partial charge in [-0.25, -0.2) is 4.21 Å². The second-order valence-electron chi connectivity index (χ2n) is 8.10. The van der Waals surface area contributed by atoms with Gasteiger partial charge in [0.1, 0.15) is 11.9 Å². The molecule has 1 unspecified atom stereocenters. The Balaban J connectivity index is 1.40. The lowest BCUT2D eigenvalue weighted by atomic mass is 9.92. The third kappa shape index (κ3) is 3.70. The zero-order chi connectivity index (χ0) is 21.5.